The van der Waals surface area contributed by atoms with Gasteiger partial charge in [-0.05, 0) is 30.2 Å². The molecular formula is C17H27N. The minimum Gasteiger partial charge on any atom is -0.313 e. The highest BCUT2D eigenvalue weighted by Crippen LogP contribution is 2.37. The van der Waals surface area contributed by atoms with Gasteiger partial charge in [-0.3, -0.25) is 0 Å². The second-order valence-corrected chi connectivity index (χ2v) is 7.23. The lowest BCUT2D eigenvalue weighted by Crippen LogP contribution is -2.38. The van der Waals surface area contributed by atoms with Gasteiger partial charge in [-0.25, -0.2) is 0 Å². The third-order valence-electron chi connectivity index (χ3n) is 4.36. The lowest BCUT2D eigenvalue weighted by molar-refractivity contribution is 0.353. The molecule has 0 saturated heterocycles. The Morgan fingerprint density at radius 2 is 1.89 bits per heavy atom. The van der Waals surface area contributed by atoms with Crippen LogP contribution in [0.5, 0.6) is 0 Å². The molecular weight excluding hydrogens is 218 g/mol. The Bertz CT molecular complexity index is 378. The summed E-state index contributed by atoms with van der Waals surface area (Å²) < 4.78 is 0. The van der Waals surface area contributed by atoms with Crippen molar-refractivity contribution in [3.05, 3.63) is 35.9 Å². The molecule has 1 aliphatic rings. The zero-order valence-corrected chi connectivity index (χ0v) is 12.3. The van der Waals surface area contributed by atoms with Crippen molar-refractivity contribution in [2.24, 2.45) is 5.41 Å². The van der Waals surface area contributed by atoms with E-state index in [0.29, 0.717) is 11.5 Å². The number of hydrogen-bond acceptors (Lipinski definition) is 1. The minimum absolute atomic E-state index is 0.216. The summed E-state index contributed by atoms with van der Waals surface area (Å²) in [5.41, 5.74) is 2.18. The Hall–Kier alpha value is -0.820. The molecule has 1 aliphatic carbocycles. The van der Waals surface area contributed by atoms with Crippen LogP contribution in [0.15, 0.2) is 30.3 Å². The van der Waals surface area contributed by atoms with E-state index in [0.717, 1.165) is 6.54 Å². The first-order chi connectivity index (χ1) is 8.39. The molecule has 0 aromatic heterocycles. The minimum atomic E-state index is 0.216. The van der Waals surface area contributed by atoms with E-state index >= 15 is 0 Å². The molecule has 100 valence electrons. The molecule has 1 unspecified atom stereocenters. The molecule has 1 atom stereocenters. The van der Waals surface area contributed by atoms with Crippen LogP contribution in [-0.2, 0) is 5.41 Å². The Morgan fingerprint density at radius 3 is 2.44 bits per heavy atom. The van der Waals surface area contributed by atoms with Gasteiger partial charge in [-0.2, -0.15) is 0 Å². The first kappa shape index (κ1) is 13.6. The van der Waals surface area contributed by atoms with Crippen molar-refractivity contribution in [1.82, 2.24) is 5.32 Å². The molecule has 0 spiro atoms. The summed E-state index contributed by atoms with van der Waals surface area (Å²) in [6, 6.07) is 11.5. The van der Waals surface area contributed by atoms with Gasteiger partial charge >= 0.3 is 0 Å². The molecule has 1 N–H and O–H groups in total. The van der Waals surface area contributed by atoms with Crippen LogP contribution >= 0.6 is 0 Å². The fourth-order valence-corrected chi connectivity index (χ4v) is 3.00. The number of hydrogen-bond donors (Lipinski definition) is 1. The quantitative estimate of drug-likeness (QED) is 0.841. The van der Waals surface area contributed by atoms with E-state index in [9.17, 15) is 0 Å². The monoisotopic (exact) mass is 245 g/mol. The second kappa shape index (κ2) is 5.05. The molecule has 1 aromatic carbocycles. The van der Waals surface area contributed by atoms with Gasteiger partial charge in [0, 0.05) is 18.0 Å². The number of benzene rings is 1. The molecule has 1 heteroatoms. The van der Waals surface area contributed by atoms with Gasteiger partial charge in [0.25, 0.3) is 0 Å². The predicted octanol–water partition coefficient (Wildman–Crippen LogP) is 4.13. The maximum atomic E-state index is 3.78. The van der Waals surface area contributed by atoms with E-state index in [2.05, 4.69) is 63.3 Å². The normalized spacial score (nSPS) is 23.2. The number of nitrogens with one attached hydrogen (secondary N) is 1. The Labute approximate surface area is 112 Å². The Kier molecular flexibility index (Phi) is 3.82. The highest BCUT2D eigenvalue weighted by Gasteiger charge is 2.31. The number of rotatable bonds is 4. The van der Waals surface area contributed by atoms with Gasteiger partial charge < -0.3 is 5.32 Å². The average molecular weight is 245 g/mol. The summed E-state index contributed by atoms with van der Waals surface area (Å²) in [5, 5.41) is 3.78. The molecule has 18 heavy (non-hydrogen) atoms. The van der Waals surface area contributed by atoms with Gasteiger partial charge in [0.15, 0.2) is 0 Å². The second-order valence-electron chi connectivity index (χ2n) is 7.23. The lowest BCUT2D eigenvalue weighted by atomic mass is 9.84. The summed E-state index contributed by atoms with van der Waals surface area (Å²) in [5.74, 6) is 0. The molecule has 0 heterocycles. The van der Waals surface area contributed by atoms with Crippen molar-refractivity contribution < 1.29 is 0 Å². The first-order valence-electron chi connectivity index (χ1n) is 7.18. The van der Waals surface area contributed by atoms with Crippen LogP contribution in [0.2, 0.25) is 0 Å². The van der Waals surface area contributed by atoms with E-state index in [1.54, 1.807) is 0 Å². The highest BCUT2D eigenvalue weighted by molar-refractivity contribution is 5.23. The highest BCUT2D eigenvalue weighted by atomic mass is 14.9. The topological polar surface area (TPSA) is 12.0 Å². The van der Waals surface area contributed by atoms with Crippen molar-refractivity contribution in [2.75, 3.05) is 6.54 Å². The molecule has 0 bridgehead atoms. The Balaban J connectivity index is 1.90. The van der Waals surface area contributed by atoms with Crippen LogP contribution in [0, 0.1) is 5.41 Å². The maximum absolute atomic E-state index is 3.78. The van der Waals surface area contributed by atoms with E-state index in [4.69, 9.17) is 0 Å². The SMILES string of the molecule is CC1(C)CCC(NCC(C)(C)c2ccccc2)C1. The Morgan fingerprint density at radius 1 is 1.22 bits per heavy atom. The van der Waals surface area contributed by atoms with E-state index in [1.807, 2.05) is 0 Å². The molecule has 1 nitrogen and oxygen atoms in total. The van der Waals surface area contributed by atoms with E-state index < -0.39 is 0 Å². The van der Waals surface area contributed by atoms with Crippen LogP contribution < -0.4 is 5.32 Å². The fourth-order valence-electron chi connectivity index (χ4n) is 3.00. The van der Waals surface area contributed by atoms with Crippen LogP contribution in [0.3, 0.4) is 0 Å². The van der Waals surface area contributed by atoms with E-state index in [1.165, 1.54) is 24.8 Å². The molecule has 2 rings (SSSR count). The van der Waals surface area contributed by atoms with Gasteiger partial charge in [0.05, 0.1) is 0 Å². The third kappa shape index (κ3) is 3.35. The van der Waals surface area contributed by atoms with Crippen molar-refractivity contribution in [3.63, 3.8) is 0 Å². The van der Waals surface area contributed by atoms with E-state index in [-0.39, 0.29) is 5.41 Å². The van der Waals surface area contributed by atoms with Gasteiger partial charge in [-0.1, -0.05) is 58.0 Å². The summed E-state index contributed by atoms with van der Waals surface area (Å²) in [7, 11) is 0. The van der Waals surface area contributed by atoms with Crippen molar-refractivity contribution in [3.8, 4) is 0 Å². The molecule has 0 radical (unpaired) electrons. The summed E-state index contributed by atoms with van der Waals surface area (Å²) in [6.45, 7) is 10.5. The fraction of sp³-hybridized carbons (Fsp3) is 0.647. The molecule has 1 aromatic rings. The summed E-state index contributed by atoms with van der Waals surface area (Å²) in [6.07, 6.45) is 4.01. The van der Waals surface area contributed by atoms with Gasteiger partial charge in [0.1, 0.15) is 0 Å². The van der Waals surface area contributed by atoms with Gasteiger partial charge in [-0.15, -0.1) is 0 Å². The van der Waals surface area contributed by atoms with Crippen molar-refractivity contribution in [1.29, 1.82) is 0 Å². The lowest BCUT2D eigenvalue weighted by Gasteiger charge is -2.28. The van der Waals surface area contributed by atoms with Crippen LogP contribution in [-0.4, -0.2) is 12.6 Å². The summed E-state index contributed by atoms with van der Waals surface area (Å²) in [4.78, 5) is 0. The smallest absolute Gasteiger partial charge is 0.00727 e. The molecule has 0 amide bonds. The van der Waals surface area contributed by atoms with Gasteiger partial charge in [0.2, 0.25) is 0 Å². The maximum Gasteiger partial charge on any atom is 0.00727 e. The average Bonchev–Trinajstić information content (AvgIpc) is 2.68. The molecule has 1 fully saturated rings. The molecule has 0 aliphatic heterocycles. The summed E-state index contributed by atoms with van der Waals surface area (Å²) >= 11 is 0. The van der Waals surface area contributed by atoms with Crippen LogP contribution in [0.1, 0.15) is 52.5 Å². The van der Waals surface area contributed by atoms with Crippen molar-refractivity contribution >= 4 is 0 Å². The standard InChI is InChI=1S/C17H27N/c1-16(2)11-10-15(12-16)18-13-17(3,4)14-8-6-5-7-9-14/h5-9,15,18H,10-13H2,1-4H3. The zero-order chi connectivity index (χ0) is 13.2. The zero-order valence-electron chi connectivity index (χ0n) is 12.3. The first-order valence-corrected chi connectivity index (χ1v) is 7.18. The third-order valence-corrected chi connectivity index (χ3v) is 4.36. The predicted molar refractivity (Wildman–Crippen MR) is 78.9 cm³/mol. The van der Waals surface area contributed by atoms with Crippen LogP contribution in [0.25, 0.3) is 0 Å². The van der Waals surface area contributed by atoms with Crippen LogP contribution in [0.4, 0.5) is 0 Å². The largest absolute Gasteiger partial charge is 0.313 e. The van der Waals surface area contributed by atoms with Crippen molar-refractivity contribution in [2.45, 2.75) is 58.4 Å². The molecule has 1 saturated carbocycles.